The molecule has 3 heteroatoms. The molecule has 1 aliphatic carbocycles. The fourth-order valence-electron chi connectivity index (χ4n) is 5.67. The highest BCUT2D eigenvalue weighted by atomic mass is 31.2. The molecule has 2 aliphatic rings. The Balaban J connectivity index is 1.52. The molecule has 0 bridgehead atoms. The van der Waals surface area contributed by atoms with Gasteiger partial charge < -0.3 is 0 Å². The zero-order chi connectivity index (χ0) is 23.5. The van der Waals surface area contributed by atoms with Gasteiger partial charge in [0.2, 0.25) is 0 Å². The van der Waals surface area contributed by atoms with Crippen molar-refractivity contribution in [3.05, 3.63) is 132 Å². The lowest BCUT2D eigenvalue weighted by Gasteiger charge is -2.49. The van der Waals surface area contributed by atoms with Crippen molar-refractivity contribution in [2.24, 2.45) is 0 Å². The van der Waals surface area contributed by atoms with Crippen LogP contribution < -0.4 is 10.6 Å². The summed E-state index contributed by atoms with van der Waals surface area (Å²) in [6.45, 7) is 0. The van der Waals surface area contributed by atoms with Gasteiger partial charge in [-0.3, -0.25) is 0 Å². The molecule has 1 aliphatic heterocycles. The molecule has 1 saturated carbocycles. The van der Waals surface area contributed by atoms with Crippen LogP contribution >= 0.6 is 16.1 Å². The van der Waals surface area contributed by atoms with E-state index < -0.39 is 16.1 Å². The molecular weight excluding hydrogens is 460 g/mol. The van der Waals surface area contributed by atoms with Crippen molar-refractivity contribution in [2.45, 2.75) is 49.5 Å². The summed E-state index contributed by atoms with van der Waals surface area (Å²) in [5, 5.41) is 2.99. The summed E-state index contributed by atoms with van der Waals surface area (Å²) in [6, 6.07) is 46.3. The Morgan fingerprint density at radius 3 is 1.29 bits per heavy atom. The molecule has 0 N–H and O–H groups in total. The van der Waals surface area contributed by atoms with Gasteiger partial charge in [0.15, 0.2) is 0 Å². The van der Waals surface area contributed by atoms with Gasteiger partial charge in [0.25, 0.3) is 0 Å². The van der Waals surface area contributed by atoms with Crippen LogP contribution in [0.5, 0.6) is 0 Å². The first kappa shape index (κ1) is 23.1. The van der Waals surface area contributed by atoms with Gasteiger partial charge >= 0.3 is 0 Å². The number of nitrogens with zero attached hydrogens (tertiary/aromatic N) is 1. The third-order valence-electron chi connectivity index (χ3n) is 7.57. The molecule has 4 aromatic carbocycles. The molecular formula is C32H33NP2. The van der Waals surface area contributed by atoms with Crippen LogP contribution in [0.1, 0.15) is 54.5 Å². The van der Waals surface area contributed by atoms with E-state index in [2.05, 4.69) is 126 Å². The van der Waals surface area contributed by atoms with Crippen LogP contribution in [0.25, 0.3) is 0 Å². The molecule has 1 nitrogen and oxygen atoms in total. The highest BCUT2D eigenvalue weighted by molar-refractivity contribution is 7.79. The van der Waals surface area contributed by atoms with Crippen molar-refractivity contribution in [3.8, 4) is 0 Å². The Labute approximate surface area is 212 Å². The molecule has 176 valence electrons. The Bertz CT molecular complexity index is 1110. The molecule has 2 fully saturated rings. The van der Waals surface area contributed by atoms with Gasteiger partial charge in [-0.05, 0) is 55.5 Å². The first-order valence-electron chi connectivity index (χ1n) is 13.0. The number of hydrogen-bond donors (Lipinski definition) is 0. The molecule has 0 radical (unpaired) electrons. The maximum absolute atomic E-state index is 3.10. The maximum atomic E-state index is 3.10. The molecule has 6 rings (SSSR count). The quantitative estimate of drug-likeness (QED) is 0.233. The number of benzene rings is 4. The van der Waals surface area contributed by atoms with Crippen molar-refractivity contribution in [2.75, 3.05) is 0 Å². The van der Waals surface area contributed by atoms with Gasteiger partial charge in [-0.1, -0.05) is 128 Å². The second-order valence-corrected chi connectivity index (χ2v) is 14.5. The minimum atomic E-state index is -0.591. The molecule has 0 spiro atoms. The van der Waals surface area contributed by atoms with E-state index in [0.717, 1.165) is 0 Å². The van der Waals surface area contributed by atoms with Crippen molar-refractivity contribution >= 4 is 26.8 Å². The average molecular weight is 494 g/mol. The first-order valence-corrected chi connectivity index (χ1v) is 15.7. The maximum Gasteiger partial charge on any atom is 0.0321 e. The third kappa shape index (κ3) is 4.75. The summed E-state index contributed by atoms with van der Waals surface area (Å²) in [5.41, 5.74) is 4.32. The Morgan fingerprint density at radius 2 is 0.914 bits per heavy atom. The smallest absolute Gasteiger partial charge is 0.0321 e. The molecule has 1 saturated heterocycles. The summed E-state index contributed by atoms with van der Waals surface area (Å²) in [7, 11) is -0.998. The van der Waals surface area contributed by atoms with Crippen LogP contribution in [-0.2, 0) is 0 Å². The van der Waals surface area contributed by atoms with Crippen molar-refractivity contribution in [3.63, 3.8) is 0 Å². The SMILES string of the molecule is c1ccc(C2CC[C@H](c3ccccc3)P2N(C2CCC2)P(c2ccccc2)c2ccccc2)cc1. The van der Waals surface area contributed by atoms with Crippen molar-refractivity contribution in [1.82, 2.24) is 4.44 Å². The van der Waals surface area contributed by atoms with Gasteiger partial charge in [0.1, 0.15) is 0 Å². The van der Waals surface area contributed by atoms with Crippen molar-refractivity contribution in [1.29, 1.82) is 0 Å². The molecule has 0 aromatic heterocycles. The van der Waals surface area contributed by atoms with Gasteiger partial charge in [0, 0.05) is 25.4 Å². The lowest BCUT2D eigenvalue weighted by atomic mass is 9.94. The summed E-state index contributed by atoms with van der Waals surface area (Å²) >= 11 is 0. The summed E-state index contributed by atoms with van der Waals surface area (Å²) in [6.07, 6.45) is 6.60. The van der Waals surface area contributed by atoms with E-state index in [1.165, 1.54) is 53.8 Å². The lowest BCUT2D eigenvalue weighted by molar-refractivity contribution is 0.314. The fourth-order valence-corrected chi connectivity index (χ4v) is 13.5. The minimum Gasteiger partial charge on any atom is -0.248 e. The summed E-state index contributed by atoms with van der Waals surface area (Å²) in [4.78, 5) is 0. The van der Waals surface area contributed by atoms with Gasteiger partial charge in [0.05, 0.1) is 0 Å². The highest BCUT2D eigenvalue weighted by Gasteiger charge is 2.47. The standard InChI is InChI=1S/C32H33NP2/c1-5-14-26(15-6-1)31-24-25-32(27-16-7-2-8-17-27)35(31)33(28-18-13-19-28)34(29-20-9-3-10-21-29)30-22-11-4-12-23-30/h1-12,14-17,20-23,28,31-32H,13,18-19,24-25H2/t31-,32?,35?/m1/s1. The zero-order valence-corrected chi connectivity index (χ0v) is 21.9. The molecule has 4 aromatic rings. The topological polar surface area (TPSA) is 3.24 Å². The fraction of sp³-hybridized carbons (Fsp3) is 0.250. The monoisotopic (exact) mass is 493 g/mol. The zero-order valence-electron chi connectivity index (χ0n) is 20.2. The summed E-state index contributed by atoms with van der Waals surface area (Å²) in [5.74, 6) is 0. The second-order valence-electron chi connectivity index (χ2n) is 9.70. The lowest BCUT2D eigenvalue weighted by Crippen LogP contribution is -2.38. The largest absolute Gasteiger partial charge is 0.248 e. The van der Waals surface area contributed by atoms with E-state index in [-0.39, 0.29) is 0 Å². The van der Waals surface area contributed by atoms with Crippen LogP contribution in [0, 0.1) is 0 Å². The molecule has 0 amide bonds. The number of rotatable bonds is 7. The van der Waals surface area contributed by atoms with Crippen LogP contribution in [0.3, 0.4) is 0 Å². The van der Waals surface area contributed by atoms with Gasteiger partial charge in [-0.2, -0.15) is 0 Å². The van der Waals surface area contributed by atoms with Crippen LogP contribution in [0.15, 0.2) is 121 Å². The minimum absolute atomic E-state index is 0.406. The Morgan fingerprint density at radius 1 is 0.514 bits per heavy atom. The van der Waals surface area contributed by atoms with Crippen molar-refractivity contribution < 1.29 is 0 Å². The van der Waals surface area contributed by atoms with E-state index >= 15 is 0 Å². The Hall–Kier alpha value is -2.30. The first-order chi connectivity index (χ1) is 17.4. The highest BCUT2D eigenvalue weighted by Crippen LogP contribution is 2.77. The molecule has 3 atom stereocenters. The third-order valence-corrected chi connectivity index (χ3v) is 14.2. The van der Waals surface area contributed by atoms with Crippen LogP contribution in [0.4, 0.5) is 0 Å². The average Bonchev–Trinajstić information content (AvgIpc) is 3.34. The van der Waals surface area contributed by atoms with Crippen LogP contribution in [0.2, 0.25) is 0 Å². The van der Waals surface area contributed by atoms with Crippen LogP contribution in [-0.4, -0.2) is 10.5 Å². The second kappa shape index (κ2) is 10.8. The molecule has 35 heavy (non-hydrogen) atoms. The normalized spacial score (nSPS) is 22.4. The van der Waals surface area contributed by atoms with E-state index in [1.807, 2.05) is 0 Å². The van der Waals surface area contributed by atoms with E-state index in [1.54, 1.807) is 0 Å². The molecule has 2 unspecified atom stereocenters. The Kier molecular flexibility index (Phi) is 7.11. The summed E-state index contributed by atoms with van der Waals surface area (Å²) < 4.78 is 3.10. The predicted octanol–water partition coefficient (Wildman–Crippen LogP) is 8.56. The number of hydrogen-bond acceptors (Lipinski definition) is 1. The van der Waals surface area contributed by atoms with E-state index in [4.69, 9.17) is 0 Å². The van der Waals surface area contributed by atoms with Gasteiger partial charge in [-0.25, -0.2) is 4.44 Å². The predicted molar refractivity (Wildman–Crippen MR) is 153 cm³/mol. The van der Waals surface area contributed by atoms with Gasteiger partial charge in [-0.15, -0.1) is 0 Å². The molecule has 1 heterocycles. The van der Waals surface area contributed by atoms with E-state index in [9.17, 15) is 0 Å². The van der Waals surface area contributed by atoms with E-state index in [0.29, 0.717) is 17.4 Å².